The summed E-state index contributed by atoms with van der Waals surface area (Å²) in [6, 6.07) is 5.51. The molecule has 1 amide bonds. The van der Waals surface area contributed by atoms with Crippen molar-refractivity contribution in [2.24, 2.45) is 17.3 Å². The van der Waals surface area contributed by atoms with Crippen molar-refractivity contribution in [3.05, 3.63) is 41.3 Å². The first-order valence-electron chi connectivity index (χ1n) is 11.1. The van der Waals surface area contributed by atoms with Crippen LogP contribution in [0.2, 0.25) is 0 Å². The van der Waals surface area contributed by atoms with E-state index in [1.807, 2.05) is 30.5 Å². The van der Waals surface area contributed by atoms with E-state index in [4.69, 9.17) is 5.11 Å². The molecule has 3 unspecified atom stereocenters. The third-order valence-corrected chi connectivity index (χ3v) is 7.94. The van der Waals surface area contributed by atoms with Crippen molar-refractivity contribution in [2.75, 3.05) is 0 Å². The topological polar surface area (TPSA) is 86.6 Å². The quantitative estimate of drug-likeness (QED) is 0.379. The van der Waals surface area contributed by atoms with Gasteiger partial charge in [0.05, 0.1) is 5.56 Å². The van der Waals surface area contributed by atoms with Gasteiger partial charge in [0.25, 0.3) is 5.91 Å². The predicted octanol–water partition coefficient (Wildman–Crippen LogP) is 5.98. The normalized spacial score (nSPS) is 23.6. The van der Waals surface area contributed by atoms with Crippen LogP contribution in [0.4, 0.5) is 0 Å². The minimum Gasteiger partial charge on any atom is -0.508 e. The number of hydrogen-bond donors (Lipinski definition) is 3. The van der Waals surface area contributed by atoms with Crippen molar-refractivity contribution >= 4 is 33.3 Å². The number of aliphatic carboxylic acids is 1. The average molecular weight is 444 g/mol. The minimum absolute atomic E-state index is 0.00278. The highest BCUT2D eigenvalue weighted by atomic mass is 32.1. The lowest BCUT2D eigenvalue weighted by molar-refractivity contribution is -0.137. The van der Waals surface area contributed by atoms with Crippen molar-refractivity contribution < 1.29 is 19.8 Å². The zero-order chi connectivity index (χ0) is 22.6. The Morgan fingerprint density at radius 2 is 2.06 bits per heavy atom. The highest BCUT2D eigenvalue weighted by molar-refractivity contribution is 7.17. The maximum absolute atomic E-state index is 12.7. The lowest BCUT2D eigenvalue weighted by atomic mass is 9.47. The Bertz CT molecular complexity index is 960. The number of hydrogen-bond acceptors (Lipinski definition) is 4. The highest BCUT2D eigenvalue weighted by Crippen LogP contribution is 2.59. The fraction of sp³-hybridized carbons (Fsp3) is 0.520. The summed E-state index contributed by atoms with van der Waals surface area (Å²) in [4.78, 5) is 22.6. The van der Waals surface area contributed by atoms with Crippen molar-refractivity contribution in [3.63, 3.8) is 0 Å². The number of unbranched alkanes of at least 4 members (excludes halogenated alkanes) is 1. The van der Waals surface area contributed by atoms with Crippen LogP contribution in [-0.2, 0) is 4.79 Å². The molecule has 6 heteroatoms. The first-order valence-corrected chi connectivity index (χ1v) is 12.0. The smallest absolute Gasteiger partial charge is 0.303 e. The van der Waals surface area contributed by atoms with Crippen molar-refractivity contribution in [2.45, 2.75) is 65.3 Å². The molecule has 1 aromatic carbocycles. The molecule has 0 saturated heterocycles. The molecule has 2 bridgehead atoms. The van der Waals surface area contributed by atoms with Crippen LogP contribution in [0.1, 0.15) is 69.7 Å². The fourth-order valence-electron chi connectivity index (χ4n) is 4.96. The Balaban J connectivity index is 0.000000259. The second-order valence-corrected chi connectivity index (χ2v) is 10.1. The third kappa shape index (κ3) is 5.29. The lowest BCUT2D eigenvalue weighted by Gasteiger charge is -2.60. The Morgan fingerprint density at radius 1 is 1.29 bits per heavy atom. The van der Waals surface area contributed by atoms with Crippen molar-refractivity contribution in [1.29, 1.82) is 0 Å². The summed E-state index contributed by atoms with van der Waals surface area (Å²) in [5, 5.41) is 23.9. The Labute approximate surface area is 188 Å². The van der Waals surface area contributed by atoms with Gasteiger partial charge in [-0.2, -0.15) is 0 Å². The van der Waals surface area contributed by atoms with E-state index < -0.39 is 5.97 Å². The molecule has 1 heterocycles. The van der Waals surface area contributed by atoms with Gasteiger partial charge in [-0.3, -0.25) is 9.59 Å². The van der Waals surface area contributed by atoms with E-state index in [1.54, 1.807) is 23.5 Å². The summed E-state index contributed by atoms with van der Waals surface area (Å²) < 4.78 is 1.04. The molecule has 3 fully saturated rings. The molecule has 0 aliphatic heterocycles. The van der Waals surface area contributed by atoms with Gasteiger partial charge < -0.3 is 15.5 Å². The molecule has 3 N–H and O–H groups in total. The second kappa shape index (κ2) is 9.86. The van der Waals surface area contributed by atoms with Gasteiger partial charge in [0.1, 0.15) is 5.75 Å². The number of carbonyl (C=O) groups excluding carboxylic acids is 1. The minimum atomic E-state index is -0.709. The lowest BCUT2D eigenvalue weighted by Crippen LogP contribution is -2.59. The van der Waals surface area contributed by atoms with E-state index in [9.17, 15) is 14.7 Å². The van der Waals surface area contributed by atoms with Gasteiger partial charge in [-0.1, -0.05) is 26.0 Å². The molecule has 3 aliphatic carbocycles. The van der Waals surface area contributed by atoms with Crippen LogP contribution >= 0.6 is 11.3 Å². The largest absolute Gasteiger partial charge is 0.508 e. The number of aromatic hydroxyl groups is 1. The SMILES string of the molecule is C/C=C/CCCC(=O)O.CC1(C)C2CCC(NC(=O)c3csc4ccc(O)cc34)C1C2. The van der Waals surface area contributed by atoms with Crippen molar-refractivity contribution in [1.82, 2.24) is 5.32 Å². The number of benzene rings is 1. The number of carboxylic acids is 1. The van der Waals surface area contributed by atoms with Gasteiger partial charge in [-0.05, 0) is 74.5 Å². The predicted molar refractivity (Wildman–Crippen MR) is 126 cm³/mol. The zero-order valence-electron chi connectivity index (χ0n) is 18.6. The summed E-state index contributed by atoms with van der Waals surface area (Å²) in [6.07, 6.45) is 9.39. The van der Waals surface area contributed by atoms with E-state index >= 15 is 0 Å². The number of carboxylic acid groups (broad SMARTS) is 1. The van der Waals surface area contributed by atoms with E-state index in [1.165, 1.54) is 12.8 Å². The molecule has 2 aromatic rings. The van der Waals surface area contributed by atoms with Gasteiger partial charge in [0.15, 0.2) is 0 Å². The van der Waals surface area contributed by atoms with E-state index in [0.717, 1.165) is 35.3 Å². The summed E-state index contributed by atoms with van der Waals surface area (Å²) in [5.41, 5.74) is 1.06. The molecule has 3 aliphatic rings. The van der Waals surface area contributed by atoms with Crippen LogP contribution in [-0.4, -0.2) is 28.1 Å². The summed E-state index contributed by atoms with van der Waals surface area (Å²) in [6.45, 7) is 6.60. The van der Waals surface area contributed by atoms with E-state index in [-0.39, 0.29) is 18.1 Å². The number of thiophene rings is 1. The summed E-state index contributed by atoms with van der Waals surface area (Å²) >= 11 is 1.55. The Morgan fingerprint density at radius 3 is 2.71 bits per heavy atom. The van der Waals surface area contributed by atoms with Gasteiger partial charge in [0.2, 0.25) is 0 Å². The number of amides is 1. The molecule has 168 valence electrons. The number of rotatable bonds is 6. The van der Waals surface area contributed by atoms with E-state index in [0.29, 0.717) is 22.9 Å². The first-order chi connectivity index (χ1) is 14.7. The Hall–Kier alpha value is -2.34. The first kappa shape index (κ1) is 23.3. The van der Waals surface area contributed by atoms with Crippen LogP contribution in [0.5, 0.6) is 5.75 Å². The van der Waals surface area contributed by atoms with Crippen LogP contribution in [0, 0.1) is 17.3 Å². The van der Waals surface area contributed by atoms with Crippen LogP contribution in [0.25, 0.3) is 10.1 Å². The van der Waals surface area contributed by atoms with E-state index in [2.05, 4.69) is 19.2 Å². The molecule has 31 heavy (non-hydrogen) atoms. The molecule has 3 atom stereocenters. The summed E-state index contributed by atoms with van der Waals surface area (Å²) in [7, 11) is 0. The monoisotopic (exact) mass is 443 g/mol. The molecule has 5 rings (SSSR count). The third-order valence-electron chi connectivity index (χ3n) is 6.97. The number of allylic oxidation sites excluding steroid dienone is 2. The van der Waals surface area contributed by atoms with Gasteiger partial charge >= 0.3 is 5.97 Å². The molecule has 0 spiro atoms. The molecular weight excluding hydrogens is 410 g/mol. The molecule has 0 radical (unpaired) electrons. The molecule has 1 aromatic heterocycles. The summed E-state index contributed by atoms with van der Waals surface area (Å²) in [5.74, 6) is 0.946. The standard InChI is InChI=1S/C18H21NO2S.C7H12O2/c1-18(2)10-3-5-15(14(18)7-10)19-17(21)13-9-22-16-6-4-11(20)8-12(13)16;1-2-3-4-5-6-7(8)9/h4,6,8-10,14-15,20H,3,5,7H2,1-2H3,(H,19,21);2-3H,4-6H2,1H3,(H,8,9)/b;3-2+. The zero-order valence-corrected chi connectivity index (χ0v) is 19.4. The number of phenols is 1. The molecule has 5 nitrogen and oxygen atoms in total. The van der Waals surface area contributed by atoms with Gasteiger partial charge in [-0.25, -0.2) is 0 Å². The average Bonchev–Trinajstić information content (AvgIpc) is 3.14. The maximum atomic E-state index is 12.7. The molecule has 3 saturated carbocycles. The second-order valence-electron chi connectivity index (χ2n) is 9.20. The van der Waals surface area contributed by atoms with Crippen molar-refractivity contribution in [3.8, 4) is 5.75 Å². The molecular formula is C25H33NO4S. The Kier molecular flexibility index (Phi) is 7.42. The number of fused-ring (bicyclic) bond motifs is 3. The van der Waals surface area contributed by atoms with Crippen LogP contribution in [0.15, 0.2) is 35.7 Å². The highest BCUT2D eigenvalue weighted by Gasteiger charge is 2.54. The van der Waals surface area contributed by atoms with Gasteiger partial charge in [0, 0.05) is 27.9 Å². The fourth-order valence-corrected chi connectivity index (χ4v) is 5.88. The van der Waals surface area contributed by atoms with Gasteiger partial charge in [-0.15, -0.1) is 11.3 Å². The number of phenolic OH excluding ortho intramolecular Hbond substituents is 1. The number of carbonyl (C=O) groups is 2. The van der Waals surface area contributed by atoms with Crippen LogP contribution in [0.3, 0.4) is 0 Å². The number of nitrogens with one attached hydrogen (secondary N) is 1. The van der Waals surface area contributed by atoms with Crippen LogP contribution < -0.4 is 5.32 Å². The maximum Gasteiger partial charge on any atom is 0.303 e.